The van der Waals surface area contributed by atoms with Crippen molar-refractivity contribution in [1.82, 2.24) is 0 Å². The Morgan fingerprint density at radius 2 is 1.90 bits per heavy atom. The minimum absolute atomic E-state index is 0.0861. The number of rotatable bonds is 3. The summed E-state index contributed by atoms with van der Waals surface area (Å²) in [6.45, 7) is 0. The van der Waals surface area contributed by atoms with E-state index >= 15 is 0 Å². The molecule has 0 saturated heterocycles. The predicted octanol–water partition coefficient (Wildman–Crippen LogP) is 2.36. The van der Waals surface area contributed by atoms with Gasteiger partial charge in [-0.05, 0) is 12.1 Å². The van der Waals surface area contributed by atoms with Crippen LogP contribution in [0.5, 0.6) is 0 Å². The van der Waals surface area contributed by atoms with Crippen molar-refractivity contribution < 1.29 is 9.53 Å². The highest BCUT2D eigenvalue weighted by Crippen LogP contribution is 2.28. The maximum atomic E-state index is 11.6. The van der Waals surface area contributed by atoms with Gasteiger partial charge in [-0.3, -0.25) is 0 Å². The van der Waals surface area contributed by atoms with Crippen LogP contribution >= 0.6 is 11.6 Å². The molecular weight excluding hydrogens is 280 g/mol. The van der Waals surface area contributed by atoms with Gasteiger partial charge in [-0.25, -0.2) is 4.79 Å². The number of carbonyl (C=O) groups excluding carboxylic acids is 1. The smallest absolute Gasteiger partial charge is 0.340 e. The third-order valence-corrected chi connectivity index (χ3v) is 2.57. The van der Waals surface area contributed by atoms with Crippen LogP contribution in [-0.2, 0) is 4.74 Å². The molecule has 0 fully saturated rings. The largest absolute Gasteiger partial charge is 0.465 e. The SMILES string of the molecule is COC(=O)c1cccc(Cl)c1NC(C#N)=C(C#N)C#N. The maximum absolute atomic E-state index is 11.6. The Balaban J connectivity index is 3.40. The van der Waals surface area contributed by atoms with Gasteiger partial charge in [0.25, 0.3) is 0 Å². The molecule has 0 heterocycles. The average Bonchev–Trinajstić information content (AvgIpc) is 2.47. The van der Waals surface area contributed by atoms with Crippen LogP contribution in [0.4, 0.5) is 5.69 Å². The first-order valence-corrected chi connectivity index (χ1v) is 5.55. The van der Waals surface area contributed by atoms with Crippen molar-refractivity contribution in [2.45, 2.75) is 0 Å². The Morgan fingerprint density at radius 1 is 1.25 bits per heavy atom. The Labute approximate surface area is 120 Å². The van der Waals surface area contributed by atoms with Crippen LogP contribution in [-0.4, -0.2) is 13.1 Å². The minimum Gasteiger partial charge on any atom is -0.465 e. The van der Waals surface area contributed by atoms with Gasteiger partial charge in [0, 0.05) is 0 Å². The number of anilines is 1. The van der Waals surface area contributed by atoms with Gasteiger partial charge in [0.15, 0.2) is 5.57 Å². The molecule has 1 N–H and O–H groups in total. The molecule has 1 aromatic carbocycles. The Kier molecular flexibility index (Phi) is 5.12. The molecule has 0 spiro atoms. The van der Waals surface area contributed by atoms with Crippen molar-refractivity contribution in [2.24, 2.45) is 0 Å². The number of ether oxygens (including phenoxy) is 1. The Hall–Kier alpha value is -3.01. The highest BCUT2D eigenvalue weighted by molar-refractivity contribution is 6.34. The lowest BCUT2D eigenvalue weighted by molar-refractivity contribution is 0.0602. The molecule has 0 atom stereocenters. The molecule has 1 aromatic rings. The van der Waals surface area contributed by atoms with Gasteiger partial charge in [0.1, 0.15) is 23.9 Å². The number of hydrogen-bond donors (Lipinski definition) is 1. The molecule has 0 bridgehead atoms. The molecule has 0 aliphatic carbocycles. The topological polar surface area (TPSA) is 110 Å². The first-order valence-electron chi connectivity index (χ1n) is 5.17. The quantitative estimate of drug-likeness (QED) is 0.674. The fourth-order valence-electron chi connectivity index (χ4n) is 1.34. The summed E-state index contributed by atoms with van der Waals surface area (Å²) in [7, 11) is 1.20. The molecule has 20 heavy (non-hydrogen) atoms. The van der Waals surface area contributed by atoms with E-state index in [1.54, 1.807) is 18.2 Å². The number of hydrogen-bond acceptors (Lipinski definition) is 6. The van der Waals surface area contributed by atoms with Crippen LogP contribution in [0.1, 0.15) is 10.4 Å². The highest BCUT2D eigenvalue weighted by atomic mass is 35.5. The van der Waals surface area contributed by atoms with Crippen LogP contribution in [0, 0.1) is 34.0 Å². The molecule has 1 rings (SSSR count). The fraction of sp³-hybridized carbons (Fsp3) is 0.0769. The van der Waals surface area contributed by atoms with Crippen molar-refractivity contribution in [3.8, 4) is 18.2 Å². The normalized spacial score (nSPS) is 8.55. The highest BCUT2D eigenvalue weighted by Gasteiger charge is 2.17. The molecule has 0 radical (unpaired) electrons. The van der Waals surface area contributed by atoms with Crippen molar-refractivity contribution in [1.29, 1.82) is 15.8 Å². The van der Waals surface area contributed by atoms with Crippen molar-refractivity contribution in [3.63, 3.8) is 0 Å². The van der Waals surface area contributed by atoms with Crippen molar-refractivity contribution in [2.75, 3.05) is 12.4 Å². The first kappa shape index (κ1) is 15.0. The number of halogens is 1. The molecule has 0 aliphatic rings. The average molecular weight is 287 g/mol. The zero-order valence-electron chi connectivity index (χ0n) is 10.3. The summed E-state index contributed by atoms with van der Waals surface area (Å²) in [4.78, 5) is 11.6. The summed E-state index contributed by atoms with van der Waals surface area (Å²) in [5.41, 5.74) is -0.528. The molecule has 0 aromatic heterocycles. The molecule has 6 nitrogen and oxygen atoms in total. The van der Waals surface area contributed by atoms with Gasteiger partial charge in [-0.15, -0.1) is 0 Å². The summed E-state index contributed by atoms with van der Waals surface area (Å²) in [5, 5.41) is 29.1. The third kappa shape index (κ3) is 3.05. The van der Waals surface area contributed by atoms with E-state index in [1.165, 1.54) is 25.3 Å². The van der Waals surface area contributed by atoms with Crippen molar-refractivity contribution in [3.05, 3.63) is 40.1 Å². The minimum atomic E-state index is -0.664. The number of para-hydroxylation sites is 1. The van der Waals surface area contributed by atoms with E-state index in [4.69, 9.17) is 27.4 Å². The molecule has 98 valence electrons. The Bertz CT molecular complexity index is 689. The van der Waals surface area contributed by atoms with E-state index in [9.17, 15) is 4.79 Å². The van der Waals surface area contributed by atoms with Crippen LogP contribution in [0.2, 0.25) is 5.02 Å². The second-order valence-electron chi connectivity index (χ2n) is 3.36. The summed E-state index contributed by atoms with van der Waals surface area (Å²) in [6, 6.07) is 9.30. The van der Waals surface area contributed by atoms with Crippen LogP contribution in [0.3, 0.4) is 0 Å². The second kappa shape index (κ2) is 6.80. The van der Waals surface area contributed by atoms with Gasteiger partial charge < -0.3 is 10.1 Å². The number of esters is 1. The number of nitrogens with zero attached hydrogens (tertiary/aromatic N) is 3. The van der Waals surface area contributed by atoms with Gasteiger partial charge in [-0.2, -0.15) is 15.8 Å². The van der Waals surface area contributed by atoms with Gasteiger partial charge in [-0.1, -0.05) is 17.7 Å². The molecule has 0 unspecified atom stereocenters. The zero-order valence-corrected chi connectivity index (χ0v) is 11.0. The molecule has 0 amide bonds. The molecular formula is C13H7ClN4O2. The lowest BCUT2D eigenvalue weighted by atomic mass is 10.1. The Morgan fingerprint density at radius 3 is 2.40 bits per heavy atom. The predicted molar refractivity (Wildman–Crippen MR) is 70.3 cm³/mol. The fourth-order valence-corrected chi connectivity index (χ4v) is 1.56. The number of nitrogens with one attached hydrogen (secondary N) is 1. The number of nitriles is 3. The number of allylic oxidation sites excluding steroid dienone is 2. The molecule has 0 aliphatic heterocycles. The number of benzene rings is 1. The van der Waals surface area contributed by atoms with E-state index in [-0.39, 0.29) is 22.0 Å². The first-order chi connectivity index (χ1) is 9.58. The van der Waals surface area contributed by atoms with Crippen LogP contribution in [0.25, 0.3) is 0 Å². The van der Waals surface area contributed by atoms with E-state index in [0.29, 0.717) is 0 Å². The monoisotopic (exact) mass is 286 g/mol. The number of carbonyl (C=O) groups is 1. The second-order valence-corrected chi connectivity index (χ2v) is 3.77. The lowest BCUT2D eigenvalue weighted by Crippen LogP contribution is -2.09. The summed E-state index contributed by atoms with van der Waals surface area (Å²) in [5.74, 6) is -0.664. The van der Waals surface area contributed by atoms with Crippen LogP contribution < -0.4 is 5.32 Å². The third-order valence-electron chi connectivity index (χ3n) is 2.25. The lowest BCUT2D eigenvalue weighted by Gasteiger charge is -2.11. The van der Waals surface area contributed by atoms with Gasteiger partial charge >= 0.3 is 5.97 Å². The van der Waals surface area contributed by atoms with E-state index in [0.717, 1.165) is 0 Å². The zero-order chi connectivity index (χ0) is 15.1. The summed E-state index contributed by atoms with van der Waals surface area (Å²) >= 11 is 5.95. The van der Waals surface area contributed by atoms with E-state index in [1.807, 2.05) is 0 Å². The van der Waals surface area contributed by atoms with Gasteiger partial charge in [0.05, 0.1) is 23.4 Å². The van der Waals surface area contributed by atoms with Crippen LogP contribution in [0.15, 0.2) is 29.5 Å². The number of methoxy groups -OCH3 is 1. The summed E-state index contributed by atoms with van der Waals surface area (Å²) < 4.78 is 4.59. The van der Waals surface area contributed by atoms with Crippen molar-refractivity contribution >= 4 is 23.3 Å². The molecule has 7 heteroatoms. The summed E-state index contributed by atoms with van der Waals surface area (Å²) in [6.07, 6.45) is 0. The molecule has 0 saturated carbocycles. The van der Waals surface area contributed by atoms with Gasteiger partial charge in [0.2, 0.25) is 0 Å². The maximum Gasteiger partial charge on any atom is 0.340 e. The standard InChI is InChI=1S/C13H7ClN4O2/c1-20-13(19)9-3-2-4-10(14)12(9)18-11(7-17)8(5-15)6-16/h2-4,18H,1H3. The van der Waals surface area contributed by atoms with E-state index < -0.39 is 11.5 Å². The van der Waals surface area contributed by atoms with E-state index in [2.05, 4.69) is 10.1 Å².